The molecule has 0 saturated carbocycles. The molecular weight excluding hydrogens is 370 g/mol. The van der Waals surface area contributed by atoms with Gasteiger partial charge in [-0.1, -0.05) is 15.9 Å². The first-order valence-electron chi connectivity index (χ1n) is 7.35. The fourth-order valence-electron chi connectivity index (χ4n) is 2.30. The van der Waals surface area contributed by atoms with E-state index in [0.717, 1.165) is 21.6 Å². The van der Waals surface area contributed by atoms with E-state index in [9.17, 15) is 4.79 Å². The topological polar surface area (TPSA) is 56.1 Å². The molecule has 0 spiro atoms. The molecule has 0 aliphatic heterocycles. The Morgan fingerprint density at radius 1 is 1.12 bits per heavy atom. The summed E-state index contributed by atoms with van der Waals surface area (Å²) in [6, 6.07) is 16.5. The molecule has 0 unspecified atom stereocenters. The summed E-state index contributed by atoms with van der Waals surface area (Å²) < 4.78 is 7.80. The zero-order chi connectivity index (χ0) is 17.1. The van der Waals surface area contributed by atoms with Crippen molar-refractivity contribution in [2.75, 3.05) is 12.4 Å². The van der Waals surface area contributed by atoms with Crippen molar-refractivity contribution in [2.45, 2.75) is 6.92 Å². The van der Waals surface area contributed by atoms with Crippen LogP contribution >= 0.6 is 15.9 Å². The number of methoxy groups -OCH3 is 1. The predicted molar refractivity (Wildman–Crippen MR) is 96.9 cm³/mol. The highest BCUT2D eigenvalue weighted by Gasteiger charge is 2.12. The lowest BCUT2D eigenvalue weighted by molar-refractivity contribution is 0.102. The second-order valence-corrected chi connectivity index (χ2v) is 6.16. The van der Waals surface area contributed by atoms with E-state index >= 15 is 0 Å². The smallest absolute Gasteiger partial charge is 0.256 e. The average molecular weight is 386 g/mol. The summed E-state index contributed by atoms with van der Waals surface area (Å²) in [7, 11) is 1.62. The molecule has 0 aliphatic rings. The summed E-state index contributed by atoms with van der Waals surface area (Å²) in [5.74, 6) is 1.20. The molecule has 6 heteroatoms. The van der Waals surface area contributed by atoms with Gasteiger partial charge in [0.15, 0.2) is 0 Å². The summed E-state index contributed by atoms with van der Waals surface area (Å²) in [4.78, 5) is 12.4. The Balaban J connectivity index is 1.88. The van der Waals surface area contributed by atoms with E-state index < -0.39 is 0 Å². The number of aryl methyl sites for hydroxylation is 1. The Bertz CT molecular complexity index is 855. The normalized spacial score (nSPS) is 10.5. The van der Waals surface area contributed by atoms with Gasteiger partial charge in [0.25, 0.3) is 5.91 Å². The summed E-state index contributed by atoms with van der Waals surface area (Å²) in [6.07, 6.45) is 0. The third kappa shape index (κ3) is 3.49. The summed E-state index contributed by atoms with van der Waals surface area (Å²) in [5, 5.41) is 7.36. The van der Waals surface area contributed by atoms with Crippen molar-refractivity contribution in [1.29, 1.82) is 0 Å². The van der Waals surface area contributed by atoms with Gasteiger partial charge >= 0.3 is 0 Å². The molecule has 1 heterocycles. The second kappa shape index (κ2) is 6.88. The maximum atomic E-state index is 12.4. The van der Waals surface area contributed by atoms with Crippen LogP contribution in [0.1, 0.15) is 16.1 Å². The number of amides is 1. The van der Waals surface area contributed by atoms with E-state index in [1.807, 2.05) is 49.4 Å². The maximum Gasteiger partial charge on any atom is 0.256 e. The minimum Gasteiger partial charge on any atom is -0.497 e. The number of hydrogen-bond donors (Lipinski definition) is 1. The fraction of sp³-hybridized carbons (Fsp3) is 0.111. The highest BCUT2D eigenvalue weighted by atomic mass is 79.9. The molecule has 122 valence electrons. The van der Waals surface area contributed by atoms with Crippen LogP contribution in [0, 0.1) is 6.92 Å². The molecule has 0 bridgehead atoms. The van der Waals surface area contributed by atoms with Crippen LogP contribution < -0.4 is 10.1 Å². The number of carbonyl (C=O) groups is 1. The number of nitrogens with one attached hydrogen (secondary N) is 1. The Hall–Kier alpha value is -2.60. The van der Waals surface area contributed by atoms with Crippen LogP contribution in [0.4, 0.5) is 5.82 Å². The highest BCUT2D eigenvalue weighted by Crippen LogP contribution is 2.21. The standard InChI is InChI=1S/C18H16BrN3O2/c1-12-11-17(20-18(23)13-3-5-14(19)6-4-13)22(21-12)15-7-9-16(24-2)10-8-15/h3-11H,1-2H3,(H,20,23). The third-order valence-electron chi connectivity index (χ3n) is 3.50. The minimum atomic E-state index is -0.183. The van der Waals surface area contributed by atoms with E-state index in [1.165, 1.54) is 0 Å². The first-order valence-corrected chi connectivity index (χ1v) is 8.14. The number of hydrogen-bond acceptors (Lipinski definition) is 3. The van der Waals surface area contributed by atoms with E-state index in [1.54, 1.807) is 23.9 Å². The zero-order valence-electron chi connectivity index (χ0n) is 13.3. The molecule has 24 heavy (non-hydrogen) atoms. The number of aromatic nitrogens is 2. The van der Waals surface area contributed by atoms with Gasteiger partial charge < -0.3 is 10.1 Å². The van der Waals surface area contributed by atoms with Gasteiger partial charge in [-0.3, -0.25) is 4.79 Å². The van der Waals surface area contributed by atoms with Crippen LogP contribution in [0.15, 0.2) is 59.1 Å². The number of benzene rings is 2. The van der Waals surface area contributed by atoms with Crippen LogP contribution in [0.2, 0.25) is 0 Å². The third-order valence-corrected chi connectivity index (χ3v) is 4.03. The maximum absolute atomic E-state index is 12.4. The van der Waals surface area contributed by atoms with Crippen LogP contribution in [0.25, 0.3) is 5.69 Å². The lowest BCUT2D eigenvalue weighted by atomic mass is 10.2. The van der Waals surface area contributed by atoms with Gasteiger partial charge in [-0.25, -0.2) is 4.68 Å². The monoisotopic (exact) mass is 385 g/mol. The van der Waals surface area contributed by atoms with Gasteiger partial charge in [0.05, 0.1) is 18.5 Å². The van der Waals surface area contributed by atoms with Gasteiger partial charge in [-0.15, -0.1) is 0 Å². The number of ether oxygens (including phenoxy) is 1. The predicted octanol–water partition coefficient (Wildman–Crippen LogP) is 4.20. The molecule has 1 N–H and O–H groups in total. The number of halogens is 1. The lowest BCUT2D eigenvalue weighted by Crippen LogP contribution is -2.15. The molecule has 3 aromatic rings. The van der Waals surface area contributed by atoms with Crippen molar-refractivity contribution in [3.05, 3.63) is 70.3 Å². The summed E-state index contributed by atoms with van der Waals surface area (Å²) >= 11 is 3.36. The Kier molecular flexibility index (Phi) is 4.66. The largest absolute Gasteiger partial charge is 0.497 e. The van der Waals surface area contributed by atoms with E-state index in [-0.39, 0.29) is 5.91 Å². The molecule has 1 aromatic heterocycles. The lowest BCUT2D eigenvalue weighted by Gasteiger charge is -2.09. The summed E-state index contributed by atoms with van der Waals surface area (Å²) in [5.41, 5.74) is 2.24. The fourth-order valence-corrected chi connectivity index (χ4v) is 2.56. The van der Waals surface area contributed by atoms with Crippen molar-refractivity contribution in [3.8, 4) is 11.4 Å². The van der Waals surface area contributed by atoms with Gasteiger partial charge in [-0.05, 0) is 55.5 Å². The van der Waals surface area contributed by atoms with Crippen molar-refractivity contribution in [1.82, 2.24) is 9.78 Å². The molecular formula is C18H16BrN3O2. The van der Waals surface area contributed by atoms with Gasteiger partial charge in [-0.2, -0.15) is 5.10 Å². The molecule has 0 fully saturated rings. The molecule has 5 nitrogen and oxygen atoms in total. The summed E-state index contributed by atoms with van der Waals surface area (Å²) in [6.45, 7) is 1.88. The zero-order valence-corrected chi connectivity index (χ0v) is 14.9. The van der Waals surface area contributed by atoms with Gasteiger partial charge in [0, 0.05) is 16.1 Å². The minimum absolute atomic E-state index is 0.183. The van der Waals surface area contributed by atoms with Gasteiger partial charge in [0.1, 0.15) is 11.6 Å². The molecule has 2 aromatic carbocycles. The molecule has 0 atom stereocenters. The average Bonchev–Trinajstić information content (AvgIpc) is 2.96. The molecule has 0 aliphatic carbocycles. The Morgan fingerprint density at radius 3 is 2.42 bits per heavy atom. The number of nitrogens with zero attached hydrogens (tertiary/aromatic N) is 2. The molecule has 0 radical (unpaired) electrons. The second-order valence-electron chi connectivity index (χ2n) is 5.24. The van der Waals surface area contributed by atoms with Crippen molar-refractivity contribution < 1.29 is 9.53 Å². The van der Waals surface area contributed by atoms with Gasteiger partial charge in [0.2, 0.25) is 0 Å². The molecule has 3 rings (SSSR count). The molecule has 0 saturated heterocycles. The van der Waals surface area contributed by atoms with Crippen LogP contribution in [0.5, 0.6) is 5.75 Å². The van der Waals surface area contributed by atoms with Crippen LogP contribution in [-0.4, -0.2) is 22.8 Å². The van der Waals surface area contributed by atoms with Crippen molar-refractivity contribution in [3.63, 3.8) is 0 Å². The SMILES string of the molecule is COc1ccc(-n2nc(C)cc2NC(=O)c2ccc(Br)cc2)cc1. The van der Waals surface area contributed by atoms with Crippen molar-refractivity contribution in [2.24, 2.45) is 0 Å². The molecule has 1 amide bonds. The van der Waals surface area contributed by atoms with Crippen molar-refractivity contribution >= 4 is 27.7 Å². The number of anilines is 1. The number of rotatable bonds is 4. The van der Waals surface area contributed by atoms with E-state index in [4.69, 9.17) is 4.74 Å². The Morgan fingerprint density at radius 2 is 1.79 bits per heavy atom. The number of carbonyl (C=O) groups excluding carboxylic acids is 1. The first-order chi connectivity index (χ1) is 11.6. The van der Waals surface area contributed by atoms with E-state index in [0.29, 0.717) is 11.4 Å². The quantitative estimate of drug-likeness (QED) is 0.731. The van der Waals surface area contributed by atoms with Crippen LogP contribution in [0.3, 0.4) is 0 Å². The van der Waals surface area contributed by atoms with Crippen LogP contribution in [-0.2, 0) is 0 Å². The Labute approximate surface area is 148 Å². The highest BCUT2D eigenvalue weighted by molar-refractivity contribution is 9.10. The van der Waals surface area contributed by atoms with E-state index in [2.05, 4.69) is 26.3 Å². The first kappa shape index (κ1) is 16.3.